The molecule has 17 heavy (non-hydrogen) atoms. The third-order valence-electron chi connectivity index (χ3n) is 3.55. The van der Waals surface area contributed by atoms with Crippen LogP contribution < -0.4 is 4.74 Å². The van der Waals surface area contributed by atoms with Crippen LogP contribution in [0.4, 0.5) is 0 Å². The Morgan fingerprint density at radius 1 is 1.35 bits per heavy atom. The molecule has 0 radical (unpaired) electrons. The second-order valence-electron chi connectivity index (χ2n) is 4.89. The molecular formula is C15H22O2. The molecular weight excluding hydrogens is 212 g/mol. The van der Waals surface area contributed by atoms with Crippen LogP contribution in [0.5, 0.6) is 5.75 Å². The van der Waals surface area contributed by atoms with Gasteiger partial charge in [0.05, 0.1) is 12.7 Å². The highest BCUT2D eigenvalue weighted by Crippen LogP contribution is 2.36. The molecule has 2 atom stereocenters. The fraction of sp³-hybridized carbons (Fsp3) is 0.600. The molecule has 0 saturated heterocycles. The molecule has 0 aliphatic carbocycles. The average Bonchev–Trinajstić information content (AvgIpc) is 2.36. The molecule has 0 amide bonds. The zero-order valence-electron chi connectivity index (χ0n) is 10.6. The third-order valence-corrected chi connectivity index (χ3v) is 3.55. The molecule has 2 rings (SSSR count). The Balaban J connectivity index is 1.94. The van der Waals surface area contributed by atoms with Gasteiger partial charge in [0, 0.05) is 0 Å². The van der Waals surface area contributed by atoms with E-state index in [9.17, 15) is 5.11 Å². The van der Waals surface area contributed by atoms with Crippen LogP contribution in [-0.4, -0.2) is 17.8 Å². The summed E-state index contributed by atoms with van der Waals surface area (Å²) in [5.41, 5.74) is 1.32. The van der Waals surface area contributed by atoms with Gasteiger partial charge in [-0.2, -0.15) is 0 Å². The molecule has 1 aromatic rings. The number of fused-ring (bicyclic) bond motifs is 1. The number of ether oxygens (including phenoxy) is 1. The van der Waals surface area contributed by atoms with Gasteiger partial charge in [-0.1, -0.05) is 31.5 Å². The molecule has 0 spiro atoms. The summed E-state index contributed by atoms with van der Waals surface area (Å²) >= 11 is 0. The van der Waals surface area contributed by atoms with E-state index in [1.807, 2.05) is 12.1 Å². The number of para-hydroxylation sites is 1. The zero-order valence-corrected chi connectivity index (χ0v) is 10.6. The molecule has 1 aliphatic heterocycles. The van der Waals surface area contributed by atoms with Gasteiger partial charge in [-0.15, -0.1) is 0 Å². The molecule has 1 heterocycles. The minimum atomic E-state index is -0.130. The summed E-state index contributed by atoms with van der Waals surface area (Å²) < 4.78 is 5.65. The molecule has 2 unspecified atom stereocenters. The first-order chi connectivity index (χ1) is 8.31. The predicted molar refractivity (Wildman–Crippen MR) is 69.4 cm³/mol. The number of rotatable bonds is 5. The van der Waals surface area contributed by atoms with E-state index in [0.717, 1.165) is 44.5 Å². The summed E-state index contributed by atoms with van der Waals surface area (Å²) in [5.74, 6) is 1.60. The van der Waals surface area contributed by atoms with Crippen molar-refractivity contribution in [2.45, 2.75) is 51.0 Å². The van der Waals surface area contributed by atoms with Crippen molar-refractivity contribution in [1.82, 2.24) is 0 Å². The van der Waals surface area contributed by atoms with Crippen molar-refractivity contribution in [3.05, 3.63) is 29.8 Å². The van der Waals surface area contributed by atoms with Crippen molar-refractivity contribution >= 4 is 0 Å². The first-order valence-corrected chi connectivity index (χ1v) is 6.71. The first-order valence-electron chi connectivity index (χ1n) is 6.71. The van der Waals surface area contributed by atoms with Gasteiger partial charge in [-0.05, 0) is 43.2 Å². The number of hydrogen-bond acceptors (Lipinski definition) is 2. The van der Waals surface area contributed by atoms with E-state index < -0.39 is 0 Å². The second kappa shape index (κ2) is 6.06. The quantitative estimate of drug-likeness (QED) is 0.845. The highest BCUT2D eigenvalue weighted by molar-refractivity contribution is 5.37. The standard InChI is InChI=1S/C15H22O2/c1-2-5-13(16)9-8-12-10-11-17-15-7-4-3-6-14(12)15/h3-4,6-7,12-13,16H,2,5,8-11H2,1H3. The van der Waals surface area contributed by atoms with Crippen LogP contribution in [0.1, 0.15) is 50.5 Å². The highest BCUT2D eigenvalue weighted by atomic mass is 16.5. The van der Waals surface area contributed by atoms with Gasteiger partial charge < -0.3 is 9.84 Å². The van der Waals surface area contributed by atoms with Crippen molar-refractivity contribution in [3.63, 3.8) is 0 Å². The summed E-state index contributed by atoms with van der Waals surface area (Å²) in [6, 6.07) is 8.30. The van der Waals surface area contributed by atoms with Gasteiger partial charge in [-0.25, -0.2) is 0 Å². The molecule has 1 aliphatic rings. The topological polar surface area (TPSA) is 29.5 Å². The van der Waals surface area contributed by atoms with Crippen LogP contribution in [0.15, 0.2) is 24.3 Å². The number of benzene rings is 1. The Morgan fingerprint density at radius 2 is 2.18 bits per heavy atom. The monoisotopic (exact) mass is 234 g/mol. The van der Waals surface area contributed by atoms with Crippen LogP contribution in [0.3, 0.4) is 0 Å². The van der Waals surface area contributed by atoms with E-state index in [1.54, 1.807) is 0 Å². The fourth-order valence-electron chi connectivity index (χ4n) is 2.59. The minimum Gasteiger partial charge on any atom is -0.493 e. The maximum Gasteiger partial charge on any atom is 0.122 e. The minimum absolute atomic E-state index is 0.130. The van der Waals surface area contributed by atoms with Gasteiger partial charge in [0.1, 0.15) is 5.75 Å². The lowest BCUT2D eigenvalue weighted by molar-refractivity contribution is 0.144. The number of aliphatic hydroxyl groups is 1. The Labute approximate surface area is 104 Å². The van der Waals surface area contributed by atoms with Crippen LogP contribution in [0.25, 0.3) is 0 Å². The van der Waals surface area contributed by atoms with Crippen LogP contribution in [0.2, 0.25) is 0 Å². The molecule has 0 aromatic heterocycles. The number of hydrogen-bond donors (Lipinski definition) is 1. The molecule has 1 aromatic carbocycles. The lowest BCUT2D eigenvalue weighted by Gasteiger charge is -2.26. The summed E-state index contributed by atoms with van der Waals surface area (Å²) in [4.78, 5) is 0. The summed E-state index contributed by atoms with van der Waals surface area (Å²) in [6.45, 7) is 2.93. The van der Waals surface area contributed by atoms with Crippen molar-refractivity contribution in [2.75, 3.05) is 6.61 Å². The Kier molecular flexibility index (Phi) is 4.43. The van der Waals surface area contributed by atoms with E-state index in [2.05, 4.69) is 19.1 Å². The van der Waals surface area contributed by atoms with Gasteiger partial charge in [0.15, 0.2) is 0 Å². The fourth-order valence-corrected chi connectivity index (χ4v) is 2.59. The Morgan fingerprint density at radius 3 is 3.00 bits per heavy atom. The van der Waals surface area contributed by atoms with Gasteiger partial charge in [0.25, 0.3) is 0 Å². The second-order valence-corrected chi connectivity index (χ2v) is 4.89. The maximum atomic E-state index is 9.80. The molecule has 1 N–H and O–H groups in total. The largest absolute Gasteiger partial charge is 0.493 e. The lowest BCUT2D eigenvalue weighted by atomic mass is 9.88. The Hall–Kier alpha value is -1.02. The first kappa shape index (κ1) is 12.4. The molecule has 0 fully saturated rings. The van der Waals surface area contributed by atoms with Gasteiger partial charge in [-0.3, -0.25) is 0 Å². The summed E-state index contributed by atoms with van der Waals surface area (Å²) in [5, 5.41) is 9.80. The van der Waals surface area contributed by atoms with E-state index in [1.165, 1.54) is 5.56 Å². The van der Waals surface area contributed by atoms with Crippen LogP contribution in [0, 0.1) is 0 Å². The summed E-state index contributed by atoms with van der Waals surface area (Å²) in [6.07, 6.45) is 4.91. The van der Waals surface area contributed by atoms with Gasteiger partial charge in [0.2, 0.25) is 0 Å². The summed E-state index contributed by atoms with van der Waals surface area (Å²) in [7, 11) is 0. The highest BCUT2D eigenvalue weighted by Gasteiger charge is 2.21. The molecule has 0 bridgehead atoms. The maximum absolute atomic E-state index is 9.80. The van der Waals surface area contributed by atoms with E-state index >= 15 is 0 Å². The van der Waals surface area contributed by atoms with E-state index in [4.69, 9.17) is 4.74 Å². The molecule has 2 nitrogen and oxygen atoms in total. The van der Waals surface area contributed by atoms with E-state index in [0.29, 0.717) is 5.92 Å². The van der Waals surface area contributed by atoms with Crippen molar-refractivity contribution in [2.24, 2.45) is 0 Å². The van der Waals surface area contributed by atoms with Crippen molar-refractivity contribution in [1.29, 1.82) is 0 Å². The lowest BCUT2D eigenvalue weighted by Crippen LogP contribution is -2.16. The predicted octanol–water partition coefficient (Wildman–Crippen LogP) is 3.49. The van der Waals surface area contributed by atoms with Crippen LogP contribution >= 0.6 is 0 Å². The Bertz CT molecular complexity index is 349. The number of aliphatic hydroxyl groups excluding tert-OH is 1. The molecule has 94 valence electrons. The van der Waals surface area contributed by atoms with Crippen LogP contribution in [-0.2, 0) is 0 Å². The average molecular weight is 234 g/mol. The zero-order chi connectivity index (χ0) is 12.1. The van der Waals surface area contributed by atoms with Crippen molar-refractivity contribution in [3.8, 4) is 5.75 Å². The van der Waals surface area contributed by atoms with E-state index in [-0.39, 0.29) is 6.10 Å². The molecule has 0 saturated carbocycles. The SMILES string of the molecule is CCCC(O)CCC1CCOc2ccccc21. The molecule has 2 heteroatoms. The normalized spacial score (nSPS) is 20.5. The van der Waals surface area contributed by atoms with Gasteiger partial charge >= 0.3 is 0 Å². The van der Waals surface area contributed by atoms with Crippen molar-refractivity contribution < 1.29 is 9.84 Å². The smallest absolute Gasteiger partial charge is 0.122 e. The third kappa shape index (κ3) is 3.22.